The lowest BCUT2D eigenvalue weighted by molar-refractivity contribution is -0.141. The molecule has 2 heterocycles. The summed E-state index contributed by atoms with van der Waals surface area (Å²) in [6.07, 6.45) is 1.27. The summed E-state index contributed by atoms with van der Waals surface area (Å²) in [7, 11) is 0. The third-order valence-corrected chi connectivity index (χ3v) is 3.50. The Bertz CT molecular complexity index is 608. The van der Waals surface area contributed by atoms with Crippen LogP contribution in [0.5, 0.6) is 0 Å². The average Bonchev–Trinajstić information content (AvgIpc) is 2.79. The SMILES string of the molecule is Nc1nc2n(n1)C(C(=O)O)CCC2c1ccccc1. The van der Waals surface area contributed by atoms with E-state index in [-0.39, 0.29) is 11.9 Å². The maximum absolute atomic E-state index is 11.2. The standard InChI is InChI=1S/C13H14N4O2/c14-13-15-11-9(8-4-2-1-3-5-8)6-7-10(12(18)19)17(11)16-13/h1-5,9-10H,6-7H2,(H2,14,16)(H,18,19). The third-order valence-electron chi connectivity index (χ3n) is 3.50. The monoisotopic (exact) mass is 258 g/mol. The number of fused-ring (bicyclic) bond motifs is 1. The molecule has 0 amide bonds. The number of carboxylic acids is 1. The molecule has 0 fully saturated rings. The molecule has 2 unspecified atom stereocenters. The molecule has 1 aromatic heterocycles. The molecule has 1 aliphatic heterocycles. The van der Waals surface area contributed by atoms with E-state index < -0.39 is 12.0 Å². The van der Waals surface area contributed by atoms with E-state index in [1.54, 1.807) is 0 Å². The zero-order chi connectivity index (χ0) is 13.4. The van der Waals surface area contributed by atoms with E-state index in [1.165, 1.54) is 4.68 Å². The fraction of sp³-hybridized carbons (Fsp3) is 0.308. The van der Waals surface area contributed by atoms with E-state index in [0.29, 0.717) is 12.2 Å². The number of nitrogens with zero attached hydrogens (tertiary/aromatic N) is 3. The lowest BCUT2D eigenvalue weighted by Gasteiger charge is -2.26. The third kappa shape index (κ3) is 1.95. The lowest BCUT2D eigenvalue weighted by atomic mass is 9.88. The van der Waals surface area contributed by atoms with Gasteiger partial charge in [-0.1, -0.05) is 30.3 Å². The lowest BCUT2D eigenvalue weighted by Crippen LogP contribution is -2.28. The number of anilines is 1. The van der Waals surface area contributed by atoms with Gasteiger partial charge < -0.3 is 10.8 Å². The van der Waals surface area contributed by atoms with Crippen molar-refractivity contribution in [2.45, 2.75) is 24.8 Å². The number of carbonyl (C=O) groups is 1. The molecule has 0 saturated heterocycles. The highest BCUT2D eigenvalue weighted by molar-refractivity contribution is 5.72. The summed E-state index contributed by atoms with van der Waals surface area (Å²) < 4.78 is 1.46. The Hall–Kier alpha value is -2.37. The molecule has 19 heavy (non-hydrogen) atoms. The van der Waals surface area contributed by atoms with E-state index in [1.807, 2.05) is 30.3 Å². The second kappa shape index (κ2) is 4.38. The molecule has 98 valence electrons. The molecule has 0 saturated carbocycles. The highest BCUT2D eigenvalue weighted by Gasteiger charge is 2.34. The molecule has 0 radical (unpaired) electrons. The maximum atomic E-state index is 11.2. The smallest absolute Gasteiger partial charge is 0.328 e. The van der Waals surface area contributed by atoms with Gasteiger partial charge in [0.2, 0.25) is 5.95 Å². The van der Waals surface area contributed by atoms with Crippen LogP contribution < -0.4 is 5.73 Å². The molecule has 1 aliphatic rings. The number of hydrogen-bond donors (Lipinski definition) is 2. The zero-order valence-electron chi connectivity index (χ0n) is 10.2. The summed E-state index contributed by atoms with van der Waals surface area (Å²) in [5, 5.41) is 13.3. The van der Waals surface area contributed by atoms with Gasteiger partial charge in [-0.25, -0.2) is 9.48 Å². The quantitative estimate of drug-likeness (QED) is 0.849. The summed E-state index contributed by atoms with van der Waals surface area (Å²) in [5.41, 5.74) is 6.74. The molecular weight excluding hydrogens is 244 g/mol. The molecule has 1 aromatic carbocycles. The largest absolute Gasteiger partial charge is 0.480 e. The summed E-state index contributed by atoms with van der Waals surface area (Å²) in [6, 6.07) is 9.23. The zero-order valence-corrected chi connectivity index (χ0v) is 10.2. The van der Waals surface area contributed by atoms with Crippen LogP contribution in [0.1, 0.15) is 36.2 Å². The van der Waals surface area contributed by atoms with Gasteiger partial charge in [0.05, 0.1) is 0 Å². The number of carboxylic acid groups (broad SMARTS) is 1. The van der Waals surface area contributed by atoms with Crippen molar-refractivity contribution in [3.8, 4) is 0 Å². The number of aromatic nitrogens is 3. The first-order valence-corrected chi connectivity index (χ1v) is 6.16. The minimum Gasteiger partial charge on any atom is -0.480 e. The number of benzene rings is 1. The Labute approximate surface area is 109 Å². The van der Waals surface area contributed by atoms with Crippen LogP contribution in [0.4, 0.5) is 5.95 Å². The van der Waals surface area contributed by atoms with Crippen LogP contribution in [0, 0.1) is 0 Å². The van der Waals surface area contributed by atoms with E-state index in [0.717, 1.165) is 12.0 Å². The van der Waals surface area contributed by atoms with Crippen molar-refractivity contribution in [1.82, 2.24) is 14.8 Å². The fourth-order valence-electron chi connectivity index (χ4n) is 2.62. The molecule has 0 aliphatic carbocycles. The van der Waals surface area contributed by atoms with Gasteiger partial charge >= 0.3 is 5.97 Å². The van der Waals surface area contributed by atoms with Crippen molar-refractivity contribution in [1.29, 1.82) is 0 Å². The normalized spacial score (nSPS) is 21.9. The van der Waals surface area contributed by atoms with Gasteiger partial charge in [0.1, 0.15) is 5.82 Å². The first-order chi connectivity index (χ1) is 9.16. The van der Waals surface area contributed by atoms with Gasteiger partial charge in [0, 0.05) is 5.92 Å². The van der Waals surface area contributed by atoms with Gasteiger partial charge in [-0.2, -0.15) is 4.98 Å². The van der Waals surface area contributed by atoms with Crippen LogP contribution in [0.3, 0.4) is 0 Å². The van der Waals surface area contributed by atoms with Gasteiger partial charge in [0.15, 0.2) is 6.04 Å². The van der Waals surface area contributed by atoms with E-state index in [9.17, 15) is 9.90 Å². The van der Waals surface area contributed by atoms with E-state index in [4.69, 9.17) is 5.73 Å². The fourth-order valence-corrected chi connectivity index (χ4v) is 2.62. The van der Waals surface area contributed by atoms with Gasteiger partial charge in [-0.05, 0) is 18.4 Å². The van der Waals surface area contributed by atoms with Crippen LogP contribution >= 0.6 is 0 Å². The van der Waals surface area contributed by atoms with Gasteiger partial charge in [-0.15, -0.1) is 5.10 Å². The summed E-state index contributed by atoms with van der Waals surface area (Å²) >= 11 is 0. The molecule has 0 spiro atoms. The Balaban J connectivity index is 2.06. The predicted molar refractivity (Wildman–Crippen MR) is 68.6 cm³/mol. The highest BCUT2D eigenvalue weighted by atomic mass is 16.4. The predicted octanol–water partition coefficient (Wildman–Crippen LogP) is 1.41. The van der Waals surface area contributed by atoms with Gasteiger partial charge in [0.25, 0.3) is 0 Å². The van der Waals surface area contributed by atoms with Crippen molar-refractivity contribution in [3.05, 3.63) is 41.7 Å². The number of aliphatic carboxylic acids is 1. The molecule has 2 aromatic rings. The van der Waals surface area contributed by atoms with Crippen LogP contribution in [-0.4, -0.2) is 25.8 Å². The minimum atomic E-state index is -0.891. The summed E-state index contributed by atoms with van der Waals surface area (Å²) in [4.78, 5) is 15.4. The summed E-state index contributed by atoms with van der Waals surface area (Å²) in [5.74, 6) is -0.0642. The van der Waals surface area contributed by atoms with Gasteiger partial charge in [-0.3, -0.25) is 0 Å². The topological polar surface area (TPSA) is 94.0 Å². The van der Waals surface area contributed by atoms with E-state index in [2.05, 4.69) is 10.1 Å². The minimum absolute atomic E-state index is 0.0570. The Kier molecular flexibility index (Phi) is 2.70. The Morgan fingerprint density at radius 3 is 2.74 bits per heavy atom. The van der Waals surface area contributed by atoms with Crippen LogP contribution in [0.2, 0.25) is 0 Å². The van der Waals surface area contributed by atoms with E-state index >= 15 is 0 Å². The van der Waals surface area contributed by atoms with Crippen molar-refractivity contribution in [2.24, 2.45) is 0 Å². The molecule has 6 nitrogen and oxygen atoms in total. The Morgan fingerprint density at radius 2 is 2.05 bits per heavy atom. The van der Waals surface area contributed by atoms with Crippen molar-refractivity contribution >= 4 is 11.9 Å². The maximum Gasteiger partial charge on any atom is 0.328 e. The molecule has 6 heteroatoms. The Morgan fingerprint density at radius 1 is 1.32 bits per heavy atom. The number of nitrogen functional groups attached to an aromatic ring is 1. The van der Waals surface area contributed by atoms with Crippen LogP contribution in [0.25, 0.3) is 0 Å². The first kappa shape index (κ1) is 11.7. The number of nitrogens with two attached hydrogens (primary N) is 1. The number of hydrogen-bond acceptors (Lipinski definition) is 4. The van der Waals surface area contributed by atoms with Crippen LogP contribution in [-0.2, 0) is 4.79 Å². The number of rotatable bonds is 2. The van der Waals surface area contributed by atoms with Crippen molar-refractivity contribution < 1.29 is 9.90 Å². The summed E-state index contributed by atoms with van der Waals surface area (Å²) in [6.45, 7) is 0. The van der Waals surface area contributed by atoms with Crippen LogP contribution in [0.15, 0.2) is 30.3 Å². The molecular formula is C13H14N4O2. The second-order valence-electron chi connectivity index (χ2n) is 4.67. The molecule has 2 atom stereocenters. The van der Waals surface area contributed by atoms with Crippen molar-refractivity contribution in [2.75, 3.05) is 5.73 Å². The molecule has 3 rings (SSSR count). The average molecular weight is 258 g/mol. The second-order valence-corrected chi connectivity index (χ2v) is 4.67. The molecule has 0 bridgehead atoms. The highest BCUT2D eigenvalue weighted by Crippen LogP contribution is 2.36. The van der Waals surface area contributed by atoms with Crippen molar-refractivity contribution in [3.63, 3.8) is 0 Å². The first-order valence-electron chi connectivity index (χ1n) is 6.16. The molecule has 3 N–H and O–H groups in total.